The standard InChI is InChI=1S/C17H13F4N3O/c18-14-3-1-2-11(8-22)16(14)24-7-6-13(10-24)25-15-5-4-12(9-23-15)17(19,20)21/h1-5,9,13H,6-7,10H2/t13-/m1/s1. The average molecular weight is 351 g/mol. The summed E-state index contributed by atoms with van der Waals surface area (Å²) in [6, 6.07) is 8.30. The van der Waals surface area contributed by atoms with Crippen LogP contribution in [-0.2, 0) is 6.18 Å². The van der Waals surface area contributed by atoms with E-state index in [1.807, 2.05) is 6.07 Å². The Morgan fingerprint density at radius 2 is 2.04 bits per heavy atom. The number of rotatable bonds is 3. The minimum Gasteiger partial charge on any atom is -0.472 e. The zero-order valence-electron chi connectivity index (χ0n) is 12.9. The number of aromatic nitrogens is 1. The molecule has 0 spiro atoms. The van der Waals surface area contributed by atoms with Gasteiger partial charge in [0.25, 0.3) is 0 Å². The molecular weight excluding hydrogens is 338 g/mol. The molecule has 0 amide bonds. The number of benzene rings is 1. The summed E-state index contributed by atoms with van der Waals surface area (Å²) < 4.78 is 57.2. The predicted octanol–water partition coefficient (Wildman–Crippen LogP) is 3.77. The van der Waals surface area contributed by atoms with E-state index >= 15 is 0 Å². The van der Waals surface area contributed by atoms with E-state index in [0.717, 1.165) is 12.1 Å². The van der Waals surface area contributed by atoms with Gasteiger partial charge < -0.3 is 9.64 Å². The molecule has 1 fully saturated rings. The molecule has 0 aliphatic carbocycles. The number of nitriles is 1. The molecule has 1 aliphatic rings. The Morgan fingerprint density at radius 3 is 2.68 bits per heavy atom. The van der Waals surface area contributed by atoms with Crippen LogP contribution in [0, 0.1) is 17.1 Å². The van der Waals surface area contributed by atoms with Crippen LogP contribution >= 0.6 is 0 Å². The quantitative estimate of drug-likeness (QED) is 0.790. The molecule has 1 atom stereocenters. The summed E-state index contributed by atoms with van der Waals surface area (Å²) in [5.41, 5.74) is -0.400. The topological polar surface area (TPSA) is 49.2 Å². The first-order valence-corrected chi connectivity index (χ1v) is 7.52. The number of hydrogen-bond donors (Lipinski definition) is 0. The lowest BCUT2D eigenvalue weighted by atomic mass is 10.1. The van der Waals surface area contributed by atoms with E-state index in [4.69, 9.17) is 10.00 Å². The van der Waals surface area contributed by atoms with Crippen LogP contribution in [0.3, 0.4) is 0 Å². The highest BCUT2D eigenvalue weighted by molar-refractivity contribution is 5.60. The highest BCUT2D eigenvalue weighted by Crippen LogP contribution is 2.31. The largest absolute Gasteiger partial charge is 0.472 e. The van der Waals surface area contributed by atoms with Crippen LogP contribution in [0.25, 0.3) is 0 Å². The van der Waals surface area contributed by atoms with E-state index in [2.05, 4.69) is 4.98 Å². The minimum absolute atomic E-state index is 0.0777. The summed E-state index contributed by atoms with van der Waals surface area (Å²) >= 11 is 0. The number of para-hydroxylation sites is 1. The highest BCUT2D eigenvalue weighted by atomic mass is 19.4. The van der Waals surface area contributed by atoms with Crippen molar-refractivity contribution in [3.05, 3.63) is 53.5 Å². The summed E-state index contributed by atoms with van der Waals surface area (Å²) in [7, 11) is 0. The summed E-state index contributed by atoms with van der Waals surface area (Å²) in [5, 5.41) is 9.12. The van der Waals surface area contributed by atoms with Crippen LogP contribution in [0.2, 0.25) is 0 Å². The fraction of sp³-hybridized carbons (Fsp3) is 0.294. The van der Waals surface area contributed by atoms with Gasteiger partial charge in [-0.25, -0.2) is 9.37 Å². The Balaban J connectivity index is 1.69. The molecule has 130 valence electrons. The second-order valence-electron chi connectivity index (χ2n) is 5.61. The molecule has 1 aromatic carbocycles. The van der Waals surface area contributed by atoms with Gasteiger partial charge in [-0.1, -0.05) is 6.07 Å². The highest BCUT2D eigenvalue weighted by Gasteiger charge is 2.31. The second kappa shape index (κ2) is 6.59. The summed E-state index contributed by atoms with van der Waals surface area (Å²) in [5.74, 6) is -0.416. The van der Waals surface area contributed by atoms with E-state index in [0.29, 0.717) is 25.7 Å². The van der Waals surface area contributed by atoms with Crippen LogP contribution in [0.1, 0.15) is 17.5 Å². The molecular formula is C17H13F4N3O. The van der Waals surface area contributed by atoms with Gasteiger partial charge in [-0.3, -0.25) is 0 Å². The molecule has 4 nitrogen and oxygen atoms in total. The van der Waals surface area contributed by atoms with Crippen molar-refractivity contribution in [2.24, 2.45) is 0 Å². The van der Waals surface area contributed by atoms with E-state index in [9.17, 15) is 17.6 Å². The normalized spacial score (nSPS) is 17.4. The number of alkyl halides is 3. The van der Waals surface area contributed by atoms with Gasteiger partial charge in [0.15, 0.2) is 0 Å². The molecule has 8 heteroatoms. The second-order valence-corrected chi connectivity index (χ2v) is 5.61. The van der Waals surface area contributed by atoms with Crippen molar-refractivity contribution >= 4 is 5.69 Å². The van der Waals surface area contributed by atoms with Crippen LogP contribution in [0.4, 0.5) is 23.2 Å². The van der Waals surface area contributed by atoms with Gasteiger partial charge in [-0.05, 0) is 18.2 Å². The SMILES string of the molecule is N#Cc1cccc(F)c1N1CC[C@@H](Oc2ccc(C(F)(F)F)cn2)C1. The molecule has 1 aromatic heterocycles. The van der Waals surface area contributed by atoms with Crippen LogP contribution < -0.4 is 9.64 Å². The van der Waals surface area contributed by atoms with E-state index < -0.39 is 17.6 Å². The van der Waals surface area contributed by atoms with Crippen molar-refractivity contribution in [2.45, 2.75) is 18.7 Å². The number of hydrogen-bond acceptors (Lipinski definition) is 4. The van der Waals surface area contributed by atoms with Crippen LogP contribution in [0.15, 0.2) is 36.5 Å². The van der Waals surface area contributed by atoms with Gasteiger partial charge in [-0.2, -0.15) is 18.4 Å². The number of ether oxygens (including phenoxy) is 1. The Labute approximate surface area is 141 Å². The van der Waals surface area contributed by atoms with Gasteiger partial charge in [0, 0.05) is 25.2 Å². The van der Waals surface area contributed by atoms with Crippen molar-refractivity contribution in [1.29, 1.82) is 5.26 Å². The number of halogens is 4. The summed E-state index contributed by atoms with van der Waals surface area (Å²) in [4.78, 5) is 5.37. The lowest BCUT2D eigenvalue weighted by molar-refractivity contribution is -0.137. The maximum Gasteiger partial charge on any atom is 0.417 e. The van der Waals surface area contributed by atoms with Gasteiger partial charge in [0.05, 0.1) is 23.4 Å². The Morgan fingerprint density at radius 1 is 1.24 bits per heavy atom. The third kappa shape index (κ3) is 3.65. The first-order valence-electron chi connectivity index (χ1n) is 7.52. The molecule has 0 N–H and O–H groups in total. The van der Waals surface area contributed by atoms with Crippen LogP contribution in [0.5, 0.6) is 5.88 Å². The van der Waals surface area contributed by atoms with Crippen LogP contribution in [-0.4, -0.2) is 24.2 Å². The van der Waals surface area contributed by atoms with Crippen molar-refractivity contribution < 1.29 is 22.3 Å². The monoisotopic (exact) mass is 351 g/mol. The van der Waals surface area contributed by atoms with Gasteiger partial charge in [-0.15, -0.1) is 0 Å². The van der Waals surface area contributed by atoms with Crippen molar-refractivity contribution in [1.82, 2.24) is 4.98 Å². The average Bonchev–Trinajstić information content (AvgIpc) is 3.02. The maximum atomic E-state index is 14.0. The molecule has 1 saturated heterocycles. The van der Waals surface area contributed by atoms with Gasteiger partial charge >= 0.3 is 6.18 Å². The molecule has 0 saturated carbocycles. The minimum atomic E-state index is -4.45. The Bertz CT molecular complexity index is 799. The van der Waals surface area contributed by atoms with Gasteiger partial charge in [0.2, 0.25) is 5.88 Å². The zero-order valence-corrected chi connectivity index (χ0v) is 12.9. The van der Waals surface area contributed by atoms with E-state index in [-0.39, 0.29) is 23.2 Å². The zero-order chi connectivity index (χ0) is 18.0. The Hall–Kier alpha value is -2.82. The third-order valence-electron chi connectivity index (χ3n) is 3.92. The maximum absolute atomic E-state index is 14.0. The van der Waals surface area contributed by atoms with Crippen molar-refractivity contribution in [3.8, 4) is 11.9 Å². The number of nitrogens with zero attached hydrogens (tertiary/aromatic N) is 3. The molecule has 3 rings (SSSR count). The number of anilines is 1. The molecule has 0 unspecified atom stereocenters. The summed E-state index contributed by atoms with van der Waals surface area (Å²) in [6.07, 6.45) is -3.54. The fourth-order valence-corrected chi connectivity index (χ4v) is 2.74. The third-order valence-corrected chi connectivity index (χ3v) is 3.92. The van der Waals surface area contributed by atoms with E-state index in [1.54, 1.807) is 4.90 Å². The van der Waals surface area contributed by atoms with Gasteiger partial charge in [0.1, 0.15) is 18.0 Å². The lowest BCUT2D eigenvalue weighted by Crippen LogP contribution is -2.26. The lowest BCUT2D eigenvalue weighted by Gasteiger charge is -2.20. The number of pyridine rings is 1. The first kappa shape index (κ1) is 17.0. The molecule has 1 aliphatic heterocycles. The smallest absolute Gasteiger partial charge is 0.417 e. The molecule has 25 heavy (non-hydrogen) atoms. The Kier molecular flexibility index (Phi) is 4.49. The summed E-state index contributed by atoms with van der Waals surface area (Å²) in [6.45, 7) is 0.791. The fourth-order valence-electron chi connectivity index (χ4n) is 2.74. The predicted molar refractivity (Wildman–Crippen MR) is 81.6 cm³/mol. The first-order chi connectivity index (χ1) is 11.9. The van der Waals surface area contributed by atoms with E-state index in [1.165, 1.54) is 18.2 Å². The molecule has 2 heterocycles. The van der Waals surface area contributed by atoms with Crippen molar-refractivity contribution in [3.63, 3.8) is 0 Å². The molecule has 0 bridgehead atoms. The van der Waals surface area contributed by atoms with Crippen molar-refractivity contribution in [2.75, 3.05) is 18.0 Å². The molecule has 2 aromatic rings. The molecule has 0 radical (unpaired) electrons.